The van der Waals surface area contributed by atoms with Crippen molar-refractivity contribution >= 4 is 6.09 Å². The van der Waals surface area contributed by atoms with E-state index in [0.717, 1.165) is 0 Å². The summed E-state index contributed by atoms with van der Waals surface area (Å²) in [6.45, 7) is 7.13. The van der Waals surface area contributed by atoms with Crippen LogP contribution >= 0.6 is 0 Å². The molecule has 0 rings (SSSR count). The van der Waals surface area contributed by atoms with E-state index in [1.807, 2.05) is 20.8 Å². The molecule has 0 fully saturated rings. The van der Waals surface area contributed by atoms with Crippen LogP contribution in [0.4, 0.5) is 4.79 Å². The smallest absolute Gasteiger partial charge is 0.407 e. The van der Waals surface area contributed by atoms with Gasteiger partial charge in [-0.25, -0.2) is 4.79 Å². The molecular weight excluding hydrogens is 194 g/mol. The number of aliphatic hydroxyl groups excluding tert-OH is 1. The summed E-state index contributed by atoms with van der Waals surface area (Å²) in [6.07, 6.45) is 3.23. The Balaban J connectivity index is 4.03. The minimum absolute atomic E-state index is 0.171. The van der Waals surface area contributed by atoms with Crippen LogP contribution in [0.3, 0.4) is 0 Å². The third-order valence-corrected chi connectivity index (χ3v) is 1.64. The van der Waals surface area contributed by atoms with E-state index in [4.69, 9.17) is 11.2 Å². The molecule has 4 heteroatoms. The highest BCUT2D eigenvalue weighted by atomic mass is 16.6. The van der Waals surface area contributed by atoms with Crippen molar-refractivity contribution in [3.8, 4) is 12.3 Å². The highest BCUT2D eigenvalue weighted by molar-refractivity contribution is 5.68. The lowest BCUT2D eigenvalue weighted by molar-refractivity contribution is 0.0132. The van der Waals surface area contributed by atoms with Crippen molar-refractivity contribution in [3.63, 3.8) is 0 Å². The summed E-state index contributed by atoms with van der Waals surface area (Å²) in [6, 6.07) is 0. The van der Waals surface area contributed by atoms with Crippen LogP contribution in [0.2, 0.25) is 0 Å². The molecule has 15 heavy (non-hydrogen) atoms. The van der Waals surface area contributed by atoms with Crippen molar-refractivity contribution in [3.05, 3.63) is 0 Å². The second kappa shape index (κ2) is 5.62. The maximum atomic E-state index is 11.3. The van der Waals surface area contributed by atoms with Gasteiger partial charge in [0.2, 0.25) is 0 Å². The number of aliphatic hydroxyl groups is 1. The molecule has 0 radical (unpaired) electrons. The number of carbonyl (C=O) groups is 1. The first kappa shape index (κ1) is 13.8. The molecule has 0 aliphatic carbocycles. The zero-order valence-electron chi connectivity index (χ0n) is 9.70. The van der Waals surface area contributed by atoms with Gasteiger partial charge in [0.25, 0.3) is 0 Å². The molecule has 0 aromatic rings. The Kier molecular flexibility index (Phi) is 5.16. The van der Waals surface area contributed by atoms with Gasteiger partial charge in [-0.3, -0.25) is 0 Å². The van der Waals surface area contributed by atoms with Gasteiger partial charge in [0.1, 0.15) is 12.2 Å². The van der Waals surface area contributed by atoms with Crippen LogP contribution in [0, 0.1) is 12.3 Å². The van der Waals surface area contributed by atoms with Crippen LogP contribution in [0.25, 0.3) is 0 Å². The largest absolute Gasteiger partial charge is 0.444 e. The number of amides is 1. The van der Waals surface area contributed by atoms with Gasteiger partial charge >= 0.3 is 6.09 Å². The predicted molar refractivity (Wildman–Crippen MR) is 58.3 cm³/mol. The maximum absolute atomic E-state index is 11.3. The van der Waals surface area contributed by atoms with Crippen molar-refractivity contribution in [2.24, 2.45) is 0 Å². The molecule has 0 saturated heterocycles. The number of terminal acetylenes is 1. The van der Waals surface area contributed by atoms with Gasteiger partial charge in [-0.2, -0.15) is 0 Å². The number of hydrogen-bond acceptors (Lipinski definition) is 3. The molecule has 0 spiro atoms. The first-order valence-electron chi connectivity index (χ1n) is 4.86. The molecule has 0 aliphatic heterocycles. The van der Waals surface area contributed by atoms with Crippen LogP contribution < -0.4 is 5.32 Å². The number of hydrogen-bond donors (Lipinski definition) is 2. The van der Waals surface area contributed by atoms with Crippen LogP contribution in [0.15, 0.2) is 0 Å². The van der Waals surface area contributed by atoms with Gasteiger partial charge in [0, 0.05) is 12.0 Å². The molecule has 0 unspecified atom stereocenters. The van der Waals surface area contributed by atoms with Crippen molar-refractivity contribution in [1.29, 1.82) is 0 Å². The lowest BCUT2D eigenvalue weighted by atomic mass is 10.1. The Labute approximate surface area is 91.0 Å². The summed E-state index contributed by atoms with van der Waals surface area (Å²) in [5, 5.41) is 12.0. The van der Waals surface area contributed by atoms with Crippen molar-refractivity contribution in [2.45, 2.75) is 51.9 Å². The molecule has 0 heterocycles. The van der Waals surface area contributed by atoms with E-state index in [2.05, 4.69) is 11.2 Å². The van der Waals surface area contributed by atoms with Crippen LogP contribution in [-0.2, 0) is 4.74 Å². The average Bonchev–Trinajstić information content (AvgIpc) is 2.00. The van der Waals surface area contributed by atoms with Crippen molar-refractivity contribution in [1.82, 2.24) is 5.32 Å². The molecule has 0 saturated carbocycles. The van der Waals surface area contributed by atoms with E-state index >= 15 is 0 Å². The Morgan fingerprint density at radius 1 is 1.60 bits per heavy atom. The molecule has 0 aromatic heterocycles. The minimum Gasteiger partial charge on any atom is -0.444 e. The number of nitrogens with one attached hydrogen (secondary N) is 1. The Morgan fingerprint density at radius 2 is 2.13 bits per heavy atom. The number of rotatable bonds is 3. The SMILES string of the molecule is C#CC[C@H](O)[C@H](C)OC(=O)NC(C)(C)C. The lowest BCUT2D eigenvalue weighted by Gasteiger charge is -2.23. The van der Waals surface area contributed by atoms with E-state index in [0.29, 0.717) is 0 Å². The second-order valence-electron chi connectivity index (χ2n) is 4.46. The second-order valence-corrected chi connectivity index (χ2v) is 4.46. The zero-order chi connectivity index (χ0) is 12.1. The normalized spacial score (nSPS) is 14.9. The molecule has 86 valence electrons. The molecule has 0 bridgehead atoms. The van der Waals surface area contributed by atoms with Gasteiger partial charge in [0.05, 0.1) is 0 Å². The average molecular weight is 213 g/mol. The van der Waals surface area contributed by atoms with Gasteiger partial charge < -0.3 is 15.2 Å². The fourth-order valence-corrected chi connectivity index (χ4v) is 0.870. The summed E-state index contributed by atoms with van der Waals surface area (Å²) in [4.78, 5) is 11.3. The Morgan fingerprint density at radius 3 is 2.53 bits per heavy atom. The van der Waals surface area contributed by atoms with Gasteiger partial charge in [0.15, 0.2) is 0 Å². The van der Waals surface area contributed by atoms with Gasteiger partial charge in [-0.1, -0.05) is 0 Å². The van der Waals surface area contributed by atoms with E-state index < -0.39 is 18.3 Å². The lowest BCUT2D eigenvalue weighted by Crippen LogP contribution is -2.43. The van der Waals surface area contributed by atoms with Crippen LogP contribution in [0.1, 0.15) is 34.1 Å². The van der Waals surface area contributed by atoms with Crippen molar-refractivity contribution < 1.29 is 14.6 Å². The fraction of sp³-hybridized carbons (Fsp3) is 0.727. The molecular formula is C11H19NO3. The third-order valence-electron chi connectivity index (χ3n) is 1.64. The van der Waals surface area contributed by atoms with E-state index in [1.165, 1.54) is 0 Å². The van der Waals surface area contributed by atoms with Gasteiger partial charge in [-0.15, -0.1) is 12.3 Å². The van der Waals surface area contributed by atoms with E-state index in [1.54, 1.807) is 6.92 Å². The highest BCUT2D eigenvalue weighted by Crippen LogP contribution is 2.05. The number of alkyl carbamates (subject to hydrolysis) is 1. The molecule has 0 aromatic carbocycles. The minimum atomic E-state index is -0.819. The summed E-state index contributed by atoms with van der Waals surface area (Å²) >= 11 is 0. The third kappa shape index (κ3) is 6.81. The first-order chi connectivity index (χ1) is 6.76. The predicted octanol–water partition coefficient (Wildman–Crippen LogP) is 1.28. The Hall–Kier alpha value is -1.21. The summed E-state index contributed by atoms with van der Waals surface area (Å²) in [7, 11) is 0. The number of carbonyl (C=O) groups excluding carboxylic acids is 1. The highest BCUT2D eigenvalue weighted by Gasteiger charge is 2.20. The monoisotopic (exact) mass is 213 g/mol. The van der Waals surface area contributed by atoms with E-state index in [-0.39, 0.29) is 12.0 Å². The summed E-state index contributed by atoms with van der Waals surface area (Å²) in [5.74, 6) is 2.31. The first-order valence-corrected chi connectivity index (χ1v) is 4.86. The molecule has 2 atom stereocenters. The molecule has 4 nitrogen and oxygen atoms in total. The topological polar surface area (TPSA) is 58.6 Å². The van der Waals surface area contributed by atoms with Gasteiger partial charge in [-0.05, 0) is 27.7 Å². The van der Waals surface area contributed by atoms with E-state index in [9.17, 15) is 9.90 Å². The molecule has 0 aliphatic rings. The summed E-state index contributed by atoms with van der Waals surface area (Å²) in [5.41, 5.74) is -0.353. The summed E-state index contributed by atoms with van der Waals surface area (Å²) < 4.78 is 4.95. The number of ether oxygens (including phenoxy) is 1. The molecule has 1 amide bonds. The molecule has 2 N–H and O–H groups in total. The van der Waals surface area contributed by atoms with Crippen LogP contribution in [-0.4, -0.2) is 28.9 Å². The fourth-order valence-electron chi connectivity index (χ4n) is 0.870. The van der Waals surface area contributed by atoms with Crippen molar-refractivity contribution in [2.75, 3.05) is 0 Å². The Bertz CT molecular complexity index is 250. The van der Waals surface area contributed by atoms with Crippen LogP contribution in [0.5, 0.6) is 0 Å². The zero-order valence-corrected chi connectivity index (χ0v) is 9.70. The standard InChI is InChI=1S/C11H19NO3/c1-6-7-9(13)8(2)15-10(14)12-11(3,4)5/h1,8-9,13H,7H2,2-5H3,(H,12,14)/t8-,9-/m0/s1. The maximum Gasteiger partial charge on any atom is 0.407 e. The quantitative estimate of drug-likeness (QED) is 0.694.